The molecule has 0 spiro atoms. The maximum atomic E-state index is 13.5. The first-order valence-corrected chi connectivity index (χ1v) is 12.9. The van der Waals surface area contributed by atoms with Crippen LogP contribution in [0.3, 0.4) is 0 Å². The molecule has 8 nitrogen and oxygen atoms in total. The van der Waals surface area contributed by atoms with Gasteiger partial charge in [-0.3, -0.25) is 14.5 Å². The molecule has 2 saturated heterocycles. The number of ether oxygens (including phenoxy) is 3. The second-order valence-electron chi connectivity index (χ2n) is 9.69. The van der Waals surface area contributed by atoms with Gasteiger partial charge in [-0.1, -0.05) is 30.4 Å². The number of nitrogens with one attached hydrogen (secondary N) is 1. The highest BCUT2D eigenvalue weighted by Gasteiger charge is 2.33. The van der Waals surface area contributed by atoms with Gasteiger partial charge in [0.1, 0.15) is 12.4 Å². The molecule has 2 fully saturated rings. The van der Waals surface area contributed by atoms with Gasteiger partial charge in [-0.05, 0) is 37.2 Å². The number of nitrogens with zero attached hydrogens (tertiary/aromatic N) is 2. The molecule has 4 rings (SSSR count). The van der Waals surface area contributed by atoms with Gasteiger partial charge in [-0.25, -0.2) is 0 Å². The smallest absolute Gasteiger partial charge is 0.236 e. The van der Waals surface area contributed by atoms with Crippen molar-refractivity contribution in [3.63, 3.8) is 0 Å². The van der Waals surface area contributed by atoms with Crippen LogP contribution in [0, 0.1) is 11.8 Å². The van der Waals surface area contributed by atoms with E-state index in [4.69, 9.17) is 14.2 Å². The lowest BCUT2D eigenvalue weighted by molar-refractivity contribution is -0.136. The lowest BCUT2D eigenvalue weighted by Crippen LogP contribution is -2.50. The quantitative estimate of drug-likeness (QED) is 0.492. The zero-order valence-corrected chi connectivity index (χ0v) is 20.8. The average molecular weight is 486 g/mol. The van der Waals surface area contributed by atoms with E-state index < -0.39 is 0 Å². The van der Waals surface area contributed by atoms with Crippen LogP contribution in [0.2, 0.25) is 0 Å². The fourth-order valence-electron chi connectivity index (χ4n) is 5.33. The summed E-state index contributed by atoms with van der Waals surface area (Å²) in [5, 5.41) is 2.93. The van der Waals surface area contributed by atoms with E-state index in [1.54, 1.807) is 7.11 Å². The van der Waals surface area contributed by atoms with E-state index in [2.05, 4.69) is 22.4 Å². The van der Waals surface area contributed by atoms with Gasteiger partial charge in [0.25, 0.3) is 0 Å². The molecule has 0 aliphatic carbocycles. The lowest BCUT2D eigenvalue weighted by atomic mass is 9.82. The van der Waals surface area contributed by atoms with Crippen molar-refractivity contribution in [2.45, 2.75) is 38.3 Å². The number of piperidine rings is 1. The fourth-order valence-corrected chi connectivity index (χ4v) is 5.33. The number of hydrogen-bond acceptors (Lipinski definition) is 6. The zero-order valence-electron chi connectivity index (χ0n) is 20.8. The summed E-state index contributed by atoms with van der Waals surface area (Å²) in [4.78, 5) is 30.3. The maximum Gasteiger partial charge on any atom is 0.236 e. The highest BCUT2D eigenvalue weighted by atomic mass is 16.5. The van der Waals surface area contributed by atoms with E-state index in [1.165, 1.54) is 0 Å². The van der Waals surface area contributed by atoms with Gasteiger partial charge in [-0.15, -0.1) is 0 Å². The van der Waals surface area contributed by atoms with Crippen molar-refractivity contribution in [2.24, 2.45) is 11.8 Å². The molecule has 1 aromatic rings. The van der Waals surface area contributed by atoms with E-state index >= 15 is 0 Å². The Hall–Kier alpha value is -2.42. The minimum absolute atomic E-state index is 0.0408. The summed E-state index contributed by atoms with van der Waals surface area (Å²) < 4.78 is 16.8. The van der Waals surface area contributed by atoms with Crippen molar-refractivity contribution in [1.82, 2.24) is 15.1 Å². The molecule has 192 valence electrons. The van der Waals surface area contributed by atoms with Crippen LogP contribution >= 0.6 is 0 Å². The third kappa shape index (κ3) is 7.29. The van der Waals surface area contributed by atoms with Gasteiger partial charge in [0.2, 0.25) is 11.8 Å². The molecule has 3 aliphatic heterocycles. The Labute approximate surface area is 208 Å². The highest BCUT2D eigenvalue weighted by Crippen LogP contribution is 2.29. The predicted molar refractivity (Wildman–Crippen MR) is 133 cm³/mol. The maximum absolute atomic E-state index is 13.5. The summed E-state index contributed by atoms with van der Waals surface area (Å²) in [6, 6.07) is 8.42. The largest absolute Gasteiger partial charge is 0.489 e. The Morgan fingerprint density at radius 3 is 2.83 bits per heavy atom. The van der Waals surface area contributed by atoms with Crippen LogP contribution in [0.25, 0.3) is 0 Å². The monoisotopic (exact) mass is 485 g/mol. The fraction of sp³-hybridized carbons (Fsp3) is 0.630. The van der Waals surface area contributed by atoms with Crippen LogP contribution in [0.4, 0.5) is 0 Å². The Kier molecular flexibility index (Phi) is 9.57. The number of benzene rings is 1. The summed E-state index contributed by atoms with van der Waals surface area (Å²) in [5.74, 6) is 1.38. The molecule has 1 N–H and O–H groups in total. The number of rotatable bonds is 6. The molecular formula is C27H39N3O5. The van der Waals surface area contributed by atoms with Crippen molar-refractivity contribution < 1.29 is 23.8 Å². The summed E-state index contributed by atoms with van der Waals surface area (Å²) in [7, 11) is 1.63. The Morgan fingerprint density at radius 2 is 2.00 bits per heavy atom. The second-order valence-corrected chi connectivity index (χ2v) is 9.69. The third-order valence-electron chi connectivity index (χ3n) is 7.35. The molecule has 0 saturated carbocycles. The molecule has 0 radical (unpaired) electrons. The zero-order chi connectivity index (χ0) is 24.5. The topological polar surface area (TPSA) is 80.3 Å². The first kappa shape index (κ1) is 25.7. The summed E-state index contributed by atoms with van der Waals surface area (Å²) in [6.07, 6.45) is 7.32. The molecule has 2 bridgehead atoms. The van der Waals surface area contributed by atoms with E-state index in [0.717, 1.165) is 43.8 Å². The number of carbonyl (C=O) groups excluding carboxylic acids is 2. The molecule has 2 amide bonds. The van der Waals surface area contributed by atoms with Crippen LogP contribution < -0.4 is 10.1 Å². The van der Waals surface area contributed by atoms with Gasteiger partial charge in [0, 0.05) is 64.5 Å². The Balaban J connectivity index is 1.51. The number of amides is 2. The van der Waals surface area contributed by atoms with Gasteiger partial charge in [-0.2, -0.15) is 0 Å². The summed E-state index contributed by atoms with van der Waals surface area (Å²) >= 11 is 0. The molecule has 3 heterocycles. The third-order valence-corrected chi connectivity index (χ3v) is 7.35. The van der Waals surface area contributed by atoms with Crippen LogP contribution in [-0.4, -0.2) is 87.4 Å². The number of carbonyl (C=O) groups is 2. The number of para-hydroxylation sites is 1. The molecule has 1 aromatic carbocycles. The number of hydrogen-bond donors (Lipinski definition) is 1. The molecule has 0 unspecified atom stereocenters. The van der Waals surface area contributed by atoms with E-state index in [0.29, 0.717) is 58.4 Å². The number of methoxy groups -OCH3 is 1. The lowest BCUT2D eigenvalue weighted by Gasteiger charge is -2.39. The molecule has 0 aromatic heterocycles. The Bertz CT molecular complexity index is 870. The normalized spacial score (nSPS) is 24.5. The van der Waals surface area contributed by atoms with Crippen LogP contribution in [0.15, 0.2) is 36.4 Å². The Morgan fingerprint density at radius 1 is 1.17 bits per heavy atom. The van der Waals surface area contributed by atoms with E-state index in [9.17, 15) is 9.59 Å². The summed E-state index contributed by atoms with van der Waals surface area (Å²) in [6.45, 7) is 5.34. The average Bonchev–Trinajstić information content (AvgIpc) is 2.88. The molecule has 35 heavy (non-hydrogen) atoms. The van der Waals surface area contributed by atoms with Crippen molar-refractivity contribution >= 4 is 11.8 Å². The van der Waals surface area contributed by atoms with Gasteiger partial charge in [0.05, 0.1) is 13.2 Å². The van der Waals surface area contributed by atoms with Crippen molar-refractivity contribution in [1.29, 1.82) is 0 Å². The SMILES string of the molecule is COCCNC(=O)C[C@@H]1CCN2C[C@@H]1C=CCOc1ccccc1CN(C1CCOCC1)CC2=O. The molecular weight excluding hydrogens is 446 g/mol. The number of fused-ring (bicyclic) bond motifs is 3. The highest BCUT2D eigenvalue weighted by molar-refractivity contribution is 5.79. The van der Waals surface area contributed by atoms with E-state index in [1.807, 2.05) is 29.2 Å². The van der Waals surface area contributed by atoms with Gasteiger partial charge < -0.3 is 24.4 Å². The van der Waals surface area contributed by atoms with Crippen molar-refractivity contribution in [2.75, 3.05) is 59.7 Å². The van der Waals surface area contributed by atoms with Gasteiger partial charge >= 0.3 is 0 Å². The molecule has 2 atom stereocenters. The summed E-state index contributed by atoms with van der Waals surface area (Å²) in [5.41, 5.74) is 1.10. The van der Waals surface area contributed by atoms with E-state index in [-0.39, 0.29) is 23.7 Å². The van der Waals surface area contributed by atoms with Crippen molar-refractivity contribution in [3.8, 4) is 5.75 Å². The molecule has 3 aliphatic rings. The van der Waals surface area contributed by atoms with Crippen molar-refractivity contribution in [3.05, 3.63) is 42.0 Å². The van der Waals surface area contributed by atoms with Crippen LogP contribution in [0.1, 0.15) is 31.2 Å². The first-order chi connectivity index (χ1) is 17.1. The molecule has 8 heteroatoms. The second kappa shape index (κ2) is 13.0. The predicted octanol–water partition coefficient (Wildman–Crippen LogP) is 2.23. The van der Waals surface area contributed by atoms with Crippen LogP contribution in [-0.2, 0) is 25.6 Å². The minimum Gasteiger partial charge on any atom is -0.489 e. The van der Waals surface area contributed by atoms with Crippen LogP contribution in [0.5, 0.6) is 5.75 Å². The van der Waals surface area contributed by atoms with Gasteiger partial charge in [0.15, 0.2) is 0 Å². The first-order valence-electron chi connectivity index (χ1n) is 12.9. The standard InChI is InChI=1S/C27H39N3O5/c1-33-16-11-28-26(31)17-21-8-12-29-18-22(21)6-4-13-35-25-7-3-2-5-23(25)19-30(20-27(29)32)24-9-14-34-15-10-24/h2-7,21-22,24H,8-20H2,1H3,(H,28,31)/t21-,22-/m0/s1. The minimum atomic E-state index is 0.0408.